The van der Waals surface area contributed by atoms with E-state index in [4.69, 9.17) is 4.74 Å². The third-order valence-corrected chi connectivity index (χ3v) is 5.47. The van der Waals surface area contributed by atoms with Crippen LogP contribution in [0.2, 0.25) is 0 Å². The lowest BCUT2D eigenvalue weighted by molar-refractivity contribution is 0.310. The molecule has 4 rings (SSSR count). The maximum atomic E-state index is 6.18. The summed E-state index contributed by atoms with van der Waals surface area (Å²) in [7, 11) is 0. The fraction of sp³-hybridized carbons (Fsp3) is 0.143. The molecular weight excluding hydrogens is 363 g/mol. The second-order valence-corrected chi connectivity index (χ2v) is 7.54. The smallest absolute Gasteiger partial charge is 0.241 e. The van der Waals surface area contributed by atoms with Gasteiger partial charge in [-0.15, -0.1) is 0 Å². The summed E-state index contributed by atoms with van der Waals surface area (Å²) in [5.74, 6) is 0.957. The lowest BCUT2D eigenvalue weighted by Crippen LogP contribution is -2.52. The monoisotopic (exact) mass is 390 g/mol. The summed E-state index contributed by atoms with van der Waals surface area (Å²) in [6.45, 7) is 3.10. The Kier molecular flexibility index (Phi) is 6.66. The fourth-order valence-corrected chi connectivity index (χ4v) is 3.98. The van der Waals surface area contributed by atoms with Crippen LogP contribution in [0.1, 0.15) is 19.8 Å². The molecule has 30 heavy (non-hydrogen) atoms. The third kappa shape index (κ3) is 4.49. The largest absolute Gasteiger partial charge is 0.493 e. The van der Waals surface area contributed by atoms with Crippen LogP contribution in [-0.4, -0.2) is 13.3 Å². The van der Waals surface area contributed by atoms with Crippen molar-refractivity contribution in [3.05, 3.63) is 109 Å². The van der Waals surface area contributed by atoms with Crippen molar-refractivity contribution in [1.82, 2.24) is 0 Å². The Morgan fingerprint density at radius 2 is 1.13 bits per heavy atom. The van der Waals surface area contributed by atoms with Gasteiger partial charge in [0.05, 0.1) is 6.61 Å². The molecule has 0 amide bonds. The molecule has 0 aromatic heterocycles. The average molecular weight is 390 g/mol. The predicted molar refractivity (Wildman–Crippen MR) is 130 cm³/mol. The molecule has 0 saturated heterocycles. The van der Waals surface area contributed by atoms with Crippen molar-refractivity contribution in [3.63, 3.8) is 0 Å². The maximum Gasteiger partial charge on any atom is 0.241 e. The first-order valence-corrected chi connectivity index (χ1v) is 10.8. The quantitative estimate of drug-likeness (QED) is 0.302. The third-order valence-electron chi connectivity index (χ3n) is 5.47. The zero-order valence-electron chi connectivity index (χ0n) is 17.5. The van der Waals surface area contributed by atoms with Gasteiger partial charge in [-0.05, 0) is 18.1 Å². The molecule has 0 aliphatic heterocycles. The summed E-state index contributed by atoms with van der Waals surface area (Å²) < 4.78 is 6.18. The minimum absolute atomic E-state index is 0.160. The summed E-state index contributed by atoms with van der Waals surface area (Å²) in [5, 5.41) is 0. The van der Waals surface area contributed by atoms with Gasteiger partial charge in [-0.25, -0.2) is 0 Å². The predicted octanol–water partition coefficient (Wildman–Crippen LogP) is 5.05. The van der Waals surface area contributed by atoms with Crippen LogP contribution in [0.4, 0.5) is 0 Å². The van der Waals surface area contributed by atoms with E-state index in [1.54, 1.807) is 0 Å². The molecular formula is C28H27BO. The molecule has 0 unspecified atom stereocenters. The number of benzene rings is 4. The van der Waals surface area contributed by atoms with Crippen LogP contribution in [0, 0.1) is 0 Å². The lowest BCUT2D eigenvalue weighted by Gasteiger charge is -2.20. The normalized spacial score (nSPS) is 10.6. The van der Waals surface area contributed by atoms with Crippen LogP contribution >= 0.6 is 0 Å². The first-order chi connectivity index (χ1) is 14.9. The van der Waals surface area contributed by atoms with Gasteiger partial charge in [-0.3, -0.25) is 0 Å². The maximum absolute atomic E-state index is 6.18. The van der Waals surface area contributed by atoms with Crippen molar-refractivity contribution >= 4 is 23.1 Å². The molecule has 0 saturated carbocycles. The van der Waals surface area contributed by atoms with E-state index in [-0.39, 0.29) is 6.71 Å². The van der Waals surface area contributed by atoms with E-state index in [0.717, 1.165) is 30.8 Å². The first kappa shape index (κ1) is 20.0. The molecule has 0 aliphatic rings. The molecule has 2 heteroatoms. The molecule has 0 spiro atoms. The second-order valence-electron chi connectivity index (χ2n) is 7.54. The van der Waals surface area contributed by atoms with Crippen molar-refractivity contribution in [2.24, 2.45) is 0 Å². The number of para-hydroxylation sites is 1. The lowest BCUT2D eigenvalue weighted by atomic mass is 9.36. The van der Waals surface area contributed by atoms with Crippen LogP contribution in [0.3, 0.4) is 0 Å². The highest BCUT2D eigenvalue weighted by molar-refractivity contribution is 6.96. The minimum Gasteiger partial charge on any atom is -0.493 e. The van der Waals surface area contributed by atoms with Gasteiger partial charge in [0.15, 0.2) is 0 Å². The number of unbranched alkanes of at least 4 members (excludes halogenated alkanes) is 1. The van der Waals surface area contributed by atoms with Crippen LogP contribution in [0.15, 0.2) is 109 Å². The Morgan fingerprint density at radius 1 is 0.600 bits per heavy atom. The van der Waals surface area contributed by atoms with E-state index in [9.17, 15) is 0 Å². The standard InChI is InChI=1S/C28H27BO/c1-2-3-22-30-28-21-13-11-19-26(28)25-18-10-12-20-27(25)29(23-14-6-4-7-15-23)24-16-8-5-9-17-24/h4-21H,2-3,22H2,1H3. The average Bonchev–Trinajstić information content (AvgIpc) is 2.82. The van der Waals surface area contributed by atoms with Gasteiger partial charge >= 0.3 is 0 Å². The van der Waals surface area contributed by atoms with Gasteiger partial charge < -0.3 is 4.74 Å². The highest BCUT2D eigenvalue weighted by Gasteiger charge is 2.25. The van der Waals surface area contributed by atoms with Crippen molar-refractivity contribution in [3.8, 4) is 16.9 Å². The van der Waals surface area contributed by atoms with E-state index in [1.807, 2.05) is 0 Å². The van der Waals surface area contributed by atoms with Gasteiger partial charge in [0.1, 0.15) is 5.75 Å². The fourth-order valence-electron chi connectivity index (χ4n) is 3.98. The van der Waals surface area contributed by atoms with Gasteiger partial charge in [0, 0.05) is 5.56 Å². The molecule has 0 aliphatic carbocycles. The van der Waals surface area contributed by atoms with Gasteiger partial charge in [-0.1, -0.05) is 133 Å². The number of ether oxygens (including phenoxy) is 1. The summed E-state index contributed by atoms with van der Waals surface area (Å²) >= 11 is 0. The molecule has 0 bridgehead atoms. The summed E-state index contributed by atoms with van der Waals surface area (Å²) in [4.78, 5) is 0. The van der Waals surface area contributed by atoms with Crippen LogP contribution in [-0.2, 0) is 0 Å². The minimum atomic E-state index is 0.160. The van der Waals surface area contributed by atoms with Crippen LogP contribution in [0.25, 0.3) is 11.1 Å². The van der Waals surface area contributed by atoms with Gasteiger partial charge in [-0.2, -0.15) is 0 Å². The van der Waals surface area contributed by atoms with E-state index in [1.165, 1.54) is 22.0 Å². The van der Waals surface area contributed by atoms with Crippen molar-refractivity contribution < 1.29 is 4.74 Å². The highest BCUT2D eigenvalue weighted by Crippen LogP contribution is 2.29. The van der Waals surface area contributed by atoms with E-state index in [0.29, 0.717) is 0 Å². The van der Waals surface area contributed by atoms with Crippen LogP contribution in [0.5, 0.6) is 5.75 Å². The molecule has 0 heterocycles. The van der Waals surface area contributed by atoms with Crippen molar-refractivity contribution in [2.75, 3.05) is 6.61 Å². The second kappa shape index (κ2) is 9.98. The van der Waals surface area contributed by atoms with Crippen molar-refractivity contribution in [1.29, 1.82) is 0 Å². The zero-order valence-corrected chi connectivity index (χ0v) is 17.5. The Hall–Kier alpha value is -3.26. The molecule has 148 valence electrons. The van der Waals surface area contributed by atoms with Gasteiger partial charge in [0.25, 0.3) is 0 Å². The van der Waals surface area contributed by atoms with E-state index in [2.05, 4.69) is 116 Å². The number of hydrogen-bond donors (Lipinski definition) is 0. The summed E-state index contributed by atoms with van der Waals surface area (Å²) in [5.41, 5.74) is 6.26. The van der Waals surface area contributed by atoms with E-state index < -0.39 is 0 Å². The Labute approximate surface area is 180 Å². The molecule has 4 aromatic carbocycles. The Bertz CT molecular complexity index is 1020. The van der Waals surface area contributed by atoms with Crippen molar-refractivity contribution in [2.45, 2.75) is 19.8 Å². The Balaban J connectivity index is 1.85. The SMILES string of the molecule is CCCCOc1ccccc1-c1ccccc1B(c1ccccc1)c1ccccc1. The number of hydrogen-bond acceptors (Lipinski definition) is 1. The molecule has 0 N–H and O–H groups in total. The molecule has 4 aromatic rings. The molecule has 1 nitrogen and oxygen atoms in total. The van der Waals surface area contributed by atoms with Crippen LogP contribution < -0.4 is 21.1 Å². The molecule has 0 fully saturated rings. The first-order valence-electron chi connectivity index (χ1n) is 10.8. The molecule has 0 atom stereocenters. The summed E-state index contributed by atoms with van der Waals surface area (Å²) in [6.07, 6.45) is 2.19. The Morgan fingerprint density at radius 3 is 1.77 bits per heavy atom. The number of rotatable bonds is 8. The molecule has 0 radical (unpaired) electrons. The topological polar surface area (TPSA) is 9.23 Å². The van der Waals surface area contributed by atoms with Gasteiger partial charge in [0.2, 0.25) is 6.71 Å². The highest BCUT2D eigenvalue weighted by atomic mass is 16.5. The summed E-state index contributed by atoms with van der Waals surface area (Å²) in [6, 6.07) is 38.7. The zero-order chi connectivity index (χ0) is 20.6. The van der Waals surface area contributed by atoms with E-state index >= 15 is 0 Å².